The number of hydrogen-bond acceptors (Lipinski definition) is 5. The average Bonchev–Trinajstić information content (AvgIpc) is 3.28. The first kappa shape index (κ1) is 18.3. The van der Waals surface area contributed by atoms with Crippen molar-refractivity contribution in [3.8, 4) is 0 Å². The molecule has 3 heterocycles. The molecule has 6 nitrogen and oxygen atoms in total. The van der Waals surface area contributed by atoms with Crippen molar-refractivity contribution in [3.63, 3.8) is 0 Å². The summed E-state index contributed by atoms with van der Waals surface area (Å²) in [6, 6.07) is 0.499. The second kappa shape index (κ2) is 6.84. The first-order valence-corrected chi connectivity index (χ1v) is 10.7. The second-order valence-corrected chi connectivity index (χ2v) is 9.58. The monoisotopic (exact) mass is 380 g/mol. The maximum Gasteiger partial charge on any atom is 0.353 e. The summed E-state index contributed by atoms with van der Waals surface area (Å²) in [6.45, 7) is 5.72. The van der Waals surface area contributed by atoms with Crippen molar-refractivity contribution in [3.05, 3.63) is 10.6 Å². The van der Waals surface area contributed by atoms with Crippen LogP contribution in [-0.4, -0.2) is 68.4 Å². The molecule has 0 unspecified atom stereocenters. The van der Waals surface area contributed by atoms with Crippen LogP contribution in [0.25, 0.3) is 0 Å². The van der Waals surface area contributed by atoms with Crippen LogP contribution in [0, 0.1) is 11.8 Å². The van der Waals surface area contributed by atoms with Crippen molar-refractivity contribution < 1.29 is 19.8 Å². The van der Waals surface area contributed by atoms with Gasteiger partial charge in [0.05, 0.1) is 18.1 Å². The summed E-state index contributed by atoms with van der Waals surface area (Å²) in [5.41, 5.74) is 0.161. The Balaban J connectivity index is 1.50. The van der Waals surface area contributed by atoms with Gasteiger partial charge < -0.3 is 15.1 Å². The van der Waals surface area contributed by atoms with Crippen molar-refractivity contribution in [2.24, 2.45) is 11.8 Å². The molecule has 0 aromatic carbocycles. The molecule has 3 fully saturated rings. The van der Waals surface area contributed by atoms with E-state index in [-0.39, 0.29) is 23.6 Å². The van der Waals surface area contributed by atoms with Gasteiger partial charge in [-0.3, -0.25) is 9.69 Å². The van der Waals surface area contributed by atoms with E-state index in [0.29, 0.717) is 11.3 Å². The van der Waals surface area contributed by atoms with Crippen LogP contribution < -0.4 is 0 Å². The number of aliphatic carboxylic acids is 1. The van der Waals surface area contributed by atoms with Crippen LogP contribution in [0.5, 0.6) is 0 Å². The number of nitrogens with zero attached hydrogens (tertiary/aromatic N) is 2. The summed E-state index contributed by atoms with van der Waals surface area (Å²) < 4.78 is 0. The van der Waals surface area contributed by atoms with Gasteiger partial charge in [-0.2, -0.15) is 0 Å². The number of likely N-dealkylation sites (tertiary alicyclic amines) is 1. The first-order valence-electron chi connectivity index (χ1n) is 9.79. The second-order valence-electron chi connectivity index (χ2n) is 8.23. The molecule has 3 aliphatic heterocycles. The van der Waals surface area contributed by atoms with E-state index in [4.69, 9.17) is 0 Å². The number of thioether (sulfide) groups is 1. The number of aliphatic hydroxyl groups is 1. The van der Waals surface area contributed by atoms with Gasteiger partial charge in [0.2, 0.25) is 5.91 Å². The van der Waals surface area contributed by atoms with Gasteiger partial charge in [-0.25, -0.2) is 4.79 Å². The van der Waals surface area contributed by atoms with E-state index in [0.717, 1.165) is 24.4 Å². The SMILES string of the molecule is C[C@@H](O)[C@H]1C(=O)N2C(C(=O)O)=C(S[C@@H]3CCN(C4CCCC4)C3)[C@H](C)[C@H]12. The van der Waals surface area contributed by atoms with Crippen LogP contribution in [0.2, 0.25) is 0 Å². The average molecular weight is 381 g/mol. The summed E-state index contributed by atoms with van der Waals surface area (Å²) in [5.74, 6) is -1.77. The maximum atomic E-state index is 12.4. The molecule has 1 amide bonds. The molecule has 1 saturated carbocycles. The van der Waals surface area contributed by atoms with E-state index in [9.17, 15) is 19.8 Å². The molecule has 144 valence electrons. The lowest BCUT2D eigenvalue weighted by molar-refractivity contribution is -0.163. The highest BCUT2D eigenvalue weighted by Crippen LogP contribution is 2.52. The van der Waals surface area contributed by atoms with Gasteiger partial charge in [0.15, 0.2) is 0 Å². The van der Waals surface area contributed by atoms with Crippen LogP contribution in [-0.2, 0) is 9.59 Å². The highest BCUT2D eigenvalue weighted by atomic mass is 32.2. The Kier molecular flexibility index (Phi) is 4.82. The van der Waals surface area contributed by atoms with Gasteiger partial charge in [-0.1, -0.05) is 19.8 Å². The summed E-state index contributed by atoms with van der Waals surface area (Å²) in [5, 5.41) is 20.0. The molecule has 2 saturated heterocycles. The standard InChI is InChI=1S/C19H28N2O4S/c1-10-15-14(11(2)22)18(23)21(15)16(19(24)25)17(10)26-13-7-8-20(9-13)12-5-3-4-6-12/h10-15,22H,3-9H2,1-2H3,(H,24,25)/t10-,11-,13-,14-,15-/m1/s1. The Bertz CT molecular complexity index is 643. The third kappa shape index (κ3) is 2.79. The zero-order valence-corrected chi connectivity index (χ0v) is 16.2. The fourth-order valence-electron chi connectivity index (χ4n) is 5.31. The lowest BCUT2D eigenvalue weighted by atomic mass is 9.79. The van der Waals surface area contributed by atoms with Crippen molar-refractivity contribution in [1.29, 1.82) is 0 Å². The van der Waals surface area contributed by atoms with Gasteiger partial charge in [0.1, 0.15) is 5.70 Å². The molecule has 0 aromatic rings. The predicted molar refractivity (Wildman–Crippen MR) is 99.5 cm³/mol. The zero-order chi connectivity index (χ0) is 18.6. The first-order chi connectivity index (χ1) is 12.4. The smallest absolute Gasteiger partial charge is 0.353 e. The molecular weight excluding hydrogens is 352 g/mol. The van der Waals surface area contributed by atoms with Gasteiger partial charge in [-0.15, -0.1) is 11.8 Å². The van der Waals surface area contributed by atoms with Gasteiger partial charge >= 0.3 is 5.97 Å². The third-order valence-corrected chi connectivity index (χ3v) is 8.16. The van der Waals surface area contributed by atoms with Crippen molar-refractivity contribution in [2.75, 3.05) is 13.1 Å². The predicted octanol–water partition coefficient (Wildman–Crippen LogP) is 1.89. The minimum absolute atomic E-state index is 0.0241. The molecule has 0 spiro atoms. The van der Waals surface area contributed by atoms with E-state index in [1.54, 1.807) is 18.7 Å². The molecule has 0 bridgehead atoms. The summed E-state index contributed by atoms with van der Waals surface area (Å²) in [6.07, 6.45) is 5.56. The lowest BCUT2D eigenvalue weighted by Gasteiger charge is -2.46. The van der Waals surface area contributed by atoms with E-state index < -0.39 is 18.0 Å². The third-order valence-electron chi connectivity index (χ3n) is 6.62. The molecule has 26 heavy (non-hydrogen) atoms. The number of hydrogen-bond donors (Lipinski definition) is 2. The summed E-state index contributed by atoms with van der Waals surface area (Å²) >= 11 is 1.67. The number of carbonyl (C=O) groups is 2. The van der Waals surface area contributed by atoms with E-state index in [1.165, 1.54) is 30.6 Å². The van der Waals surface area contributed by atoms with Crippen LogP contribution >= 0.6 is 11.8 Å². The maximum absolute atomic E-state index is 12.4. The number of carbonyl (C=O) groups excluding carboxylic acids is 1. The molecule has 0 radical (unpaired) electrons. The molecule has 4 aliphatic rings. The van der Waals surface area contributed by atoms with E-state index in [2.05, 4.69) is 4.90 Å². The van der Waals surface area contributed by atoms with E-state index >= 15 is 0 Å². The van der Waals surface area contributed by atoms with Gasteiger partial charge in [0, 0.05) is 28.7 Å². The summed E-state index contributed by atoms with van der Waals surface area (Å²) in [7, 11) is 0. The molecule has 0 aromatic heterocycles. The van der Waals surface area contributed by atoms with Gasteiger partial charge in [-0.05, 0) is 32.7 Å². The number of β-lactam (4-membered cyclic amide) rings is 1. The topological polar surface area (TPSA) is 81.1 Å². The van der Waals surface area contributed by atoms with Crippen molar-refractivity contribution in [2.45, 2.75) is 69.4 Å². The number of carboxylic acid groups (broad SMARTS) is 1. The normalized spacial score (nSPS) is 36.6. The highest BCUT2D eigenvalue weighted by molar-refractivity contribution is 8.03. The summed E-state index contributed by atoms with van der Waals surface area (Å²) in [4.78, 5) is 29.1. The Morgan fingerprint density at radius 3 is 2.58 bits per heavy atom. The number of fused-ring (bicyclic) bond motifs is 1. The Morgan fingerprint density at radius 2 is 1.96 bits per heavy atom. The zero-order valence-electron chi connectivity index (χ0n) is 15.4. The molecule has 4 rings (SSSR count). The minimum Gasteiger partial charge on any atom is -0.477 e. The highest BCUT2D eigenvalue weighted by Gasteiger charge is 2.60. The van der Waals surface area contributed by atoms with Gasteiger partial charge in [0.25, 0.3) is 0 Å². The van der Waals surface area contributed by atoms with Crippen molar-refractivity contribution in [1.82, 2.24) is 9.80 Å². The van der Waals surface area contributed by atoms with Crippen LogP contribution in [0.4, 0.5) is 0 Å². The van der Waals surface area contributed by atoms with Crippen LogP contribution in [0.3, 0.4) is 0 Å². The number of rotatable bonds is 5. The quantitative estimate of drug-likeness (QED) is 0.709. The fraction of sp³-hybridized carbons (Fsp3) is 0.789. The van der Waals surface area contributed by atoms with Crippen LogP contribution in [0.15, 0.2) is 10.6 Å². The van der Waals surface area contributed by atoms with Crippen LogP contribution in [0.1, 0.15) is 46.0 Å². The van der Waals surface area contributed by atoms with E-state index in [1.807, 2.05) is 6.92 Å². The lowest BCUT2D eigenvalue weighted by Crippen LogP contribution is -2.63. The molecular formula is C19H28N2O4S. The molecule has 1 aliphatic carbocycles. The number of amides is 1. The largest absolute Gasteiger partial charge is 0.477 e. The Hall–Kier alpha value is -1.05. The number of aliphatic hydroxyl groups excluding tert-OH is 1. The Morgan fingerprint density at radius 1 is 1.27 bits per heavy atom. The number of carboxylic acids is 1. The minimum atomic E-state index is -1.02. The molecule has 5 atom stereocenters. The fourth-order valence-corrected chi connectivity index (χ4v) is 6.81. The van der Waals surface area contributed by atoms with Crippen molar-refractivity contribution >= 4 is 23.6 Å². The molecule has 7 heteroatoms. The Labute approximate surface area is 158 Å². The molecule has 2 N–H and O–H groups in total.